The molecule has 2 N–H and O–H groups in total. The molecule has 1 aliphatic heterocycles. The Balaban J connectivity index is 1.47. The standard InChI is InChI=1S/C27H35N5O4/c1-18(17-35-2)29-27-28-16-25-23(15-24(32(25)30-27)20-7-9-22(33)10-8-20)19-3-5-21(6-4-19)26(34)31-11-13-36-14-12-31/h3-6,15-16,18,20,22,33H,7-14,17H2,1-2H3,(H,29,30)/t18-,20?,22?/m0/s1. The van der Waals surface area contributed by atoms with Gasteiger partial charge in [0, 0.05) is 49.0 Å². The molecule has 0 radical (unpaired) electrons. The Morgan fingerprint density at radius 2 is 1.92 bits per heavy atom. The summed E-state index contributed by atoms with van der Waals surface area (Å²) in [5.41, 5.74) is 4.79. The lowest BCUT2D eigenvalue weighted by atomic mass is 9.85. The number of carbonyl (C=O) groups excluding carboxylic acids is 1. The number of methoxy groups -OCH3 is 1. The number of aromatic nitrogens is 3. The number of nitrogens with one attached hydrogen (secondary N) is 1. The van der Waals surface area contributed by atoms with E-state index in [4.69, 9.17) is 14.6 Å². The number of aliphatic hydroxyl groups is 1. The second kappa shape index (κ2) is 10.9. The molecule has 9 nitrogen and oxygen atoms in total. The van der Waals surface area contributed by atoms with E-state index in [1.165, 1.54) is 0 Å². The third-order valence-electron chi connectivity index (χ3n) is 7.19. The van der Waals surface area contributed by atoms with E-state index < -0.39 is 0 Å². The molecule has 2 aliphatic rings. The molecule has 0 bridgehead atoms. The first-order valence-electron chi connectivity index (χ1n) is 12.8. The van der Waals surface area contributed by atoms with Gasteiger partial charge in [0.05, 0.1) is 37.6 Å². The van der Waals surface area contributed by atoms with Gasteiger partial charge in [0.2, 0.25) is 5.95 Å². The smallest absolute Gasteiger partial charge is 0.254 e. The summed E-state index contributed by atoms with van der Waals surface area (Å²) in [6, 6.07) is 10.1. The minimum absolute atomic E-state index is 0.0391. The Hall–Kier alpha value is -3.01. The van der Waals surface area contributed by atoms with Crippen LogP contribution in [0.5, 0.6) is 0 Å². The Morgan fingerprint density at radius 3 is 2.61 bits per heavy atom. The molecule has 5 rings (SSSR count). The van der Waals surface area contributed by atoms with Gasteiger partial charge in [0.15, 0.2) is 0 Å². The molecule has 1 aliphatic carbocycles. The molecule has 9 heteroatoms. The number of rotatable bonds is 7. The van der Waals surface area contributed by atoms with Crippen LogP contribution in [0.1, 0.15) is 54.6 Å². The average molecular weight is 494 g/mol. The van der Waals surface area contributed by atoms with E-state index >= 15 is 0 Å². The van der Waals surface area contributed by atoms with E-state index in [0.717, 1.165) is 48.0 Å². The van der Waals surface area contributed by atoms with Crippen LogP contribution < -0.4 is 5.32 Å². The van der Waals surface area contributed by atoms with E-state index in [0.29, 0.717) is 50.3 Å². The molecule has 2 aromatic heterocycles. The predicted molar refractivity (Wildman–Crippen MR) is 137 cm³/mol. The molecule has 1 aromatic carbocycles. The van der Waals surface area contributed by atoms with Crippen molar-refractivity contribution in [3.05, 3.63) is 47.8 Å². The highest BCUT2D eigenvalue weighted by Crippen LogP contribution is 2.37. The van der Waals surface area contributed by atoms with Gasteiger partial charge in [-0.2, -0.15) is 0 Å². The lowest BCUT2D eigenvalue weighted by molar-refractivity contribution is 0.0303. The molecule has 3 heterocycles. The van der Waals surface area contributed by atoms with Crippen LogP contribution in [-0.4, -0.2) is 82.7 Å². The maximum Gasteiger partial charge on any atom is 0.254 e. The van der Waals surface area contributed by atoms with Crippen LogP contribution in [0.3, 0.4) is 0 Å². The molecule has 0 spiro atoms. The average Bonchev–Trinajstić information content (AvgIpc) is 3.28. The number of nitrogens with zero attached hydrogens (tertiary/aromatic N) is 4. The third kappa shape index (κ3) is 5.23. The van der Waals surface area contributed by atoms with Crippen LogP contribution in [0.2, 0.25) is 0 Å². The number of amides is 1. The topological polar surface area (TPSA) is 101 Å². The maximum absolute atomic E-state index is 12.9. The van der Waals surface area contributed by atoms with E-state index in [9.17, 15) is 9.90 Å². The molecular formula is C27H35N5O4. The first-order chi connectivity index (χ1) is 17.5. The number of hydrogen-bond donors (Lipinski definition) is 2. The molecule has 2 fully saturated rings. The van der Waals surface area contributed by atoms with Crippen molar-refractivity contribution >= 4 is 17.4 Å². The summed E-state index contributed by atoms with van der Waals surface area (Å²) >= 11 is 0. The Kier molecular flexibility index (Phi) is 7.50. The van der Waals surface area contributed by atoms with Gasteiger partial charge < -0.3 is 24.8 Å². The van der Waals surface area contributed by atoms with Gasteiger partial charge in [-0.25, -0.2) is 9.50 Å². The van der Waals surface area contributed by atoms with Crippen molar-refractivity contribution in [3.8, 4) is 11.1 Å². The normalized spacial score (nSPS) is 21.5. The van der Waals surface area contributed by atoms with Gasteiger partial charge in [-0.15, -0.1) is 5.10 Å². The van der Waals surface area contributed by atoms with Crippen molar-refractivity contribution in [1.29, 1.82) is 0 Å². The fourth-order valence-electron chi connectivity index (χ4n) is 5.23. The van der Waals surface area contributed by atoms with Gasteiger partial charge in [-0.05, 0) is 56.4 Å². The Morgan fingerprint density at radius 1 is 1.19 bits per heavy atom. The van der Waals surface area contributed by atoms with E-state index in [2.05, 4.69) is 16.4 Å². The van der Waals surface area contributed by atoms with E-state index in [1.807, 2.05) is 46.8 Å². The summed E-state index contributed by atoms with van der Waals surface area (Å²) < 4.78 is 12.6. The van der Waals surface area contributed by atoms with Crippen LogP contribution in [0.25, 0.3) is 16.6 Å². The molecule has 1 atom stereocenters. The molecule has 3 aromatic rings. The van der Waals surface area contributed by atoms with Crippen LogP contribution >= 0.6 is 0 Å². The van der Waals surface area contributed by atoms with Crippen LogP contribution in [0.15, 0.2) is 36.5 Å². The number of fused-ring (bicyclic) bond motifs is 1. The fourth-order valence-corrected chi connectivity index (χ4v) is 5.23. The monoisotopic (exact) mass is 493 g/mol. The molecule has 1 amide bonds. The van der Waals surface area contributed by atoms with Gasteiger partial charge >= 0.3 is 0 Å². The lowest BCUT2D eigenvalue weighted by Gasteiger charge is -2.26. The summed E-state index contributed by atoms with van der Waals surface area (Å²) in [5.74, 6) is 0.908. The number of anilines is 1. The first-order valence-corrected chi connectivity index (χ1v) is 12.8. The number of ether oxygens (including phenoxy) is 2. The summed E-state index contributed by atoms with van der Waals surface area (Å²) in [6.07, 6.45) is 5.08. The van der Waals surface area contributed by atoms with Crippen molar-refractivity contribution in [2.75, 3.05) is 45.3 Å². The second-order valence-corrected chi connectivity index (χ2v) is 9.85. The zero-order valence-electron chi connectivity index (χ0n) is 21.0. The van der Waals surface area contributed by atoms with Crippen molar-refractivity contribution in [2.24, 2.45) is 0 Å². The molecular weight excluding hydrogens is 458 g/mol. The van der Waals surface area contributed by atoms with Crippen LogP contribution in [-0.2, 0) is 9.47 Å². The minimum Gasteiger partial charge on any atom is -0.393 e. The minimum atomic E-state index is -0.217. The largest absolute Gasteiger partial charge is 0.393 e. The molecule has 192 valence electrons. The molecule has 36 heavy (non-hydrogen) atoms. The fraction of sp³-hybridized carbons (Fsp3) is 0.519. The quantitative estimate of drug-likeness (QED) is 0.521. The van der Waals surface area contributed by atoms with Gasteiger partial charge in [0.1, 0.15) is 0 Å². The Labute approximate surface area is 211 Å². The van der Waals surface area contributed by atoms with E-state index in [-0.39, 0.29) is 18.1 Å². The number of aliphatic hydroxyl groups excluding tert-OH is 1. The van der Waals surface area contributed by atoms with Crippen LogP contribution in [0.4, 0.5) is 5.95 Å². The Bertz CT molecular complexity index is 1180. The number of carbonyl (C=O) groups is 1. The summed E-state index contributed by atoms with van der Waals surface area (Å²) in [4.78, 5) is 19.3. The highest BCUT2D eigenvalue weighted by molar-refractivity contribution is 5.95. The third-order valence-corrected chi connectivity index (χ3v) is 7.19. The van der Waals surface area contributed by atoms with Gasteiger partial charge in [-0.3, -0.25) is 4.79 Å². The van der Waals surface area contributed by atoms with Gasteiger partial charge in [0.25, 0.3) is 5.91 Å². The molecule has 1 saturated carbocycles. The first kappa shape index (κ1) is 24.7. The lowest BCUT2D eigenvalue weighted by Crippen LogP contribution is -2.40. The van der Waals surface area contributed by atoms with Crippen molar-refractivity contribution < 1.29 is 19.4 Å². The second-order valence-electron chi connectivity index (χ2n) is 9.85. The zero-order valence-corrected chi connectivity index (χ0v) is 21.0. The number of morpholine rings is 1. The number of hydrogen-bond acceptors (Lipinski definition) is 7. The van der Waals surface area contributed by atoms with Crippen molar-refractivity contribution in [1.82, 2.24) is 19.5 Å². The number of benzene rings is 1. The van der Waals surface area contributed by atoms with Crippen molar-refractivity contribution in [3.63, 3.8) is 0 Å². The molecule has 0 unspecified atom stereocenters. The van der Waals surface area contributed by atoms with Crippen molar-refractivity contribution in [2.45, 2.75) is 50.7 Å². The summed E-state index contributed by atoms with van der Waals surface area (Å²) in [5, 5.41) is 18.2. The SMILES string of the molecule is COC[C@H](C)Nc1ncc2c(-c3ccc(C(=O)N4CCOCC4)cc3)cc(C3CCC(O)CC3)n2n1. The van der Waals surface area contributed by atoms with Gasteiger partial charge in [-0.1, -0.05) is 12.1 Å². The maximum atomic E-state index is 12.9. The van der Waals surface area contributed by atoms with E-state index in [1.54, 1.807) is 7.11 Å². The highest BCUT2D eigenvalue weighted by Gasteiger charge is 2.26. The van der Waals surface area contributed by atoms with Crippen LogP contribution in [0, 0.1) is 0 Å². The summed E-state index contributed by atoms with van der Waals surface area (Å²) in [6.45, 7) is 5.01. The summed E-state index contributed by atoms with van der Waals surface area (Å²) in [7, 11) is 1.68. The molecule has 1 saturated heterocycles. The predicted octanol–water partition coefficient (Wildman–Crippen LogP) is 3.33. The highest BCUT2D eigenvalue weighted by atomic mass is 16.5. The zero-order chi connectivity index (χ0) is 25.1.